The summed E-state index contributed by atoms with van der Waals surface area (Å²) in [4.78, 5) is 2.45. The van der Waals surface area contributed by atoms with E-state index in [0.29, 0.717) is 0 Å². The van der Waals surface area contributed by atoms with Crippen molar-refractivity contribution in [3.63, 3.8) is 0 Å². The lowest BCUT2D eigenvalue weighted by Gasteiger charge is -2.31. The van der Waals surface area contributed by atoms with Gasteiger partial charge in [0.25, 0.3) is 0 Å². The fraction of sp³-hybridized carbons (Fsp3) is 0. The maximum absolute atomic E-state index is 2.45. The Balaban J connectivity index is 1.24. The molecule has 0 aliphatic heterocycles. The minimum Gasteiger partial charge on any atom is -0.309 e. The first-order chi connectivity index (χ1) is 25.3. The van der Waals surface area contributed by atoms with Crippen LogP contribution in [0.3, 0.4) is 0 Å². The highest BCUT2D eigenvalue weighted by molar-refractivity contribution is 6.22. The number of hydrogen-bond acceptors (Lipinski definition) is 1. The van der Waals surface area contributed by atoms with Crippen LogP contribution in [0.25, 0.3) is 66.1 Å². The highest BCUT2D eigenvalue weighted by Gasteiger charge is 2.23. The largest absolute Gasteiger partial charge is 0.309 e. The Hall–Kier alpha value is -6.70. The predicted octanol–water partition coefficient (Wildman–Crippen LogP) is 14.1. The quantitative estimate of drug-likeness (QED) is 0.155. The average molecular weight is 650 g/mol. The van der Waals surface area contributed by atoms with Crippen LogP contribution in [0.2, 0.25) is 0 Å². The smallest absolute Gasteiger partial charge is 0.0624 e. The van der Waals surface area contributed by atoms with Crippen molar-refractivity contribution in [2.24, 2.45) is 0 Å². The molecule has 0 aliphatic carbocycles. The van der Waals surface area contributed by atoms with Gasteiger partial charge in [0.05, 0.1) is 5.69 Å². The molecule has 0 amide bonds. The van der Waals surface area contributed by atoms with Crippen molar-refractivity contribution in [1.82, 2.24) is 0 Å². The van der Waals surface area contributed by atoms with E-state index in [1.807, 2.05) is 0 Å². The number of nitrogens with zero attached hydrogens (tertiary/aromatic N) is 1. The van der Waals surface area contributed by atoms with E-state index < -0.39 is 0 Å². The fourth-order valence-electron chi connectivity index (χ4n) is 7.38. The van der Waals surface area contributed by atoms with Crippen molar-refractivity contribution in [2.75, 3.05) is 4.90 Å². The van der Waals surface area contributed by atoms with Crippen molar-refractivity contribution in [3.8, 4) is 44.5 Å². The van der Waals surface area contributed by atoms with Crippen LogP contribution in [0.15, 0.2) is 212 Å². The zero-order valence-electron chi connectivity index (χ0n) is 28.2. The van der Waals surface area contributed by atoms with E-state index >= 15 is 0 Å². The minimum atomic E-state index is 1.10. The molecule has 9 rings (SSSR count). The molecule has 0 saturated carbocycles. The molecule has 0 fully saturated rings. The van der Waals surface area contributed by atoms with Gasteiger partial charge in [0.1, 0.15) is 0 Å². The van der Waals surface area contributed by atoms with Crippen LogP contribution in [-0.2, 0) is 0 Å². The third-order valence-corrected chi connectivity index (χ3v) is 9.88. The fourth-order valence-corrected chi connectivity index (χ4v) is 7.38. The van der Waals surface area contributed by atoms with Gasteiger partial charge < -0.3 is 4.90 Å². The zero-order chi connectivity index (χ0) is 34.0. The van der Waals surface area contributed by atoms with E-state index in [1.165, 1.54) is 71.7 Å². The van der Waals surface area contributed by atoms with Crippen molar-refractivity contribution in [3.05, 3.63) is 212 Å². The van der Waals surface area contributed by atoms with Crippen LogP contribution < -0.4 is 4.90 Å². The van der Waals surface area contributed by atoms with Crippen molar-refractivity contribution in [2.45, 2.75) is 0 Å². The zero-order valence-corrected chi connectivity index (χ0v) is 28.2. The Kier molecular flexibility index (Phi) is 7.92. The summed E-state index contributed by atoms with van der Waals surface area (Å²) >= 11 is 0. The summed E-state index contributed by atoms with van der Waals surface area (Å²) in [7, 11) is 0. The maximum atomic E-state index is 2.45. The van der Waals surface area contributed by atoms with Gasteiger partial charge in [0.15, 0.2) is 0 Å². The highest BCUT2D eigenvalue weighted by atomic mass is 15.1. The van der Waals surface area contributed by atoms with E-state index in [9.17, 15) is 0 Å². The molecule has 0 aliphatic rings. The standard InChI is InChI=1S/C50H35N/c1-4-14-36(15-5-1)38-24-26-39(27-25-38)41-30-34-44(35-31-41)51(43-32-28-40(29-33-43)37-16-6-2-7-17-37)50-48-23-13-11-21-46(48)45-20-10-12-22-47(45)49(50)42-18-8-3-9-19-42/h1-35H. The van der Waals surface area contributed by atoms with Crippen LogP contribution in [-0.4, -0.2) is 0 Å². The molecule has 1 nitrogen and oxygen atoms in total. The SMILES string of the molecule is c1ccc(-c2ccc(-c3ccc(N(c4ccc(-c5ccccc5)cc4)c4c(-c5ccccc5)c5ccccc5c5ccccc45)cc3)cc2)cc1. The summed E-state index contributed by atoms with van der Waals surface area (Å²) in [6, 6.07) is 76.6. The maximum Gasteiger partial charge on any atom is 0.0624 e. The monoisotopic (exact) mass is 649 g/mol. The Morgan fingerprint density at radius 1 is 0.216 bits per heavy atom. The van der Waals surface area contributed by atoms with Gasteiger partial charge in [0.2, 0.25) is 0 Å². The van der Waals surface area contributed by atoms with E-state index in [2.05, 4.69) is 217 Å². The Labute approximate surface area is 299 Å². The summed E-state index contributed by atoms with van der Waals surface area (Å²) in [5.74, 6) is 0. The van der Waals surface area contributed by atoms with E-state index in [4.69, 9.17) is 0 Å². The van der Waals surface area contributed by atoms with Gasteiger partial charge in [-0.05, 0) is 79.4 Å². The molecule has 1 heteroatoms. The van der Waals surface area contributed by atoms with Gasteiger partial charge in [-0.2, -0.15) is 0 Å². The van der Waals surface area contributed by atoms with E-state index in [0.717, 1.165) is 11.4 Å². The van der Waals surface area contributed by atoms with Crippen molar-refractivity contribution < 1.29 is 0 Å². The topological polar surface area (TPSA) is 3.24 Å². The molecule has 0 aromatic heterocycles. The molecule has 0 spiro atoms. The second kappa shape index (κ2) is 13.3. The molecule has 9 aromatic carbocycles. The van der Waals surface area contributed by atoms with Crippen LogP contribution >= 0.6 is 0 Å². The van der Waals surface area contributed by atoms with Crippen molar-refractivity contribution >= 4 is 38.6 Å². The minimum absolute atomic E-state index is 1.10. The number of benzene rings is 9. The van der Waals surface area contributed by atoms with Gasteiger partial charge in [-0.3, -0.25) is 0 Å². The highest BCUT2D eigenvalue weighted by Crippen LogP contribution is 2.49. The van der Waals surface area contributed by atoms with Crippen LogP contribution in [0.5, 0.6) is 0 Å². The molecule has 0 saturated heterocycles. The van der Waals surface area contributed by atoms with E-state index in [1.54, 1.807) is 0 Å². The molecule has 0 radical (unpaired) electrons. The summed E-state index contributed by atoms with van der Waals surface area (Å²) < 4.78 is 0. The van der Waals surface area contributed by atoms with Crippen molar-refractivity contribution in [1.29, 1.82) is 0 Å². The molecular weight excluding hydrogens is 615 g/mol. The Bertz CT molecular complexity index is 2570. The average Bonchev–Trinajstić information content (AvgIpc) is 3.22. The lowest BCUT2D eigenvalue weighted by Crippen LogP contribution is -2.12. The van der Waals surface area contributed by atoms with Gasteiger partial charge in [-0.1, -0.05) is 188 Å². The first kappa shape index (κ1) is 30.4. The second-order valence-corrected chi connectivity index (χ2v) is 12.9. The summed E-state index contributed by atoms with van der Waals surface area (Å²) in [6.45, 7) is 0. The number of rotatable bonds is 7. The van der Waals surface area contributed by atoms with Gasteiger partial charge >= 0.3 is 0 Å². The normalized spacial score (nSPS) is 11.1. The lowest BCUT2D eigenvalue weighted by molar-refractivity contribution is 1.30. The molecular formula is C50H35N. The lowest BCUT2D eigenvalue weighted by atomic mass is 9.90. The third kappa shape index (κ3) is 5.75. The summed E-state index contributed by atoms with van der Waals surface area (Å²) in [5.41, 5.74) is 13.0. The molecule has 240 valence electrons. The third-order valence-electron chi connectivity index (χ3n) is 9.88. The first-order valence-electron chi connectivity index (χ1n) is 17.5. The molecule has 0 atom stereocenters. The Morgan fingerprint density at radius 3 is 0.941 bits per heavy atom. The first-order valence-corrected chi connectivity index (χ1v) is 17.5. The molecule has 0 N–H and O–H groups in total. The molecule has 0 bridgehead atoms. The molecule has 0 unspecified atom stereocenters. The molecule has 9 aromatic rings. The number of fused-ring (bicyclic) bond motifs is 3. The molecule has 0 heterocycles. The number of hydrogen-bond donors (Lipinski definition) is 0. The Morgan fingerprint density at radius 2 is 0.510 bits per heavy atom. The van der Waals surface area contributed by atoms with Gasteiger partial charge in [-0.25, -0.2) is 0 Å². The number of anilines is 3. The summed E-state index contributed by atoms with van der Waals surface area (Å²) in [5, 5.41) is 4.94. The van der Waals surface area contributed by atoms with Crippen LogP contribution in [0.1, 0.15) is 0 Å². The summed E-state index contributed by atoms with van der Waals surface area (Å²) in [6.07, 6.45) is 0. The van der Waals surface area contributed by atoms with E-state index in [-0.39, 0.29) is 0 Å². The van der Waals surface area contributed by atoms with Crippen LogP contribution in [0.4, 0.5) is 17.1 Å². The second-order valence-electron chi connectivity index (χ2n) is 12.9. The predicted molar refractivity (Wildman–Crippen MR) is 218 cm³/mol. The molecule has 51 heavy (non-hydrogen) atoms. The van der Waals surface area contributed by atoms with Crippen LogP contribution in [0, 0.1) is 0 Å². The van der Waals surface area contributed by atoms with Gasteiger partial charge in [0, 0.05) is 22.3 Å². The van der Waals surface area contributed by atoms with Gasteiger partial charge in [-0.15, -0.1) is 0 Å².